The molecule has 0 unspecified atom stereocenters. The van der Waals surface area contributed by atoms with Gasteiger partial charge in [-0.3, -0.25) is 0 Å². The van der Waals surface area contributed by atoms with Gasteiger partial charge in [-0.15, -0.1) is 0 Å². The highest BCUT2D eigenvalue weighted by atomic mass is 16.4. The molecule has 0 aliphatic rings. The molecule has 4 N–H and O–H groups in total. The summed E-state index contributed by atoms with van der Waals surface area (Å²) < 4.78 is 0. The number of hydrogen-bond acceptors (Lipinski definition) is 4. The van der Waals surface area contributed by atoms with E-state index < -0.39 is 11.7 Å². The van der Waals surface area contributed by atoms with Crippen molar-refractivity contribution < 1.29 is 25.2 Å². The second-order valence-electron chi connectivity index (χ2n) is 5.51. The number of benzene rings is 2. The summed E-state index contributed by atoms with van der Waals surface area (Å²) in [6.45, 7) is 3.51. The van der Waals surface area contributed by atoms with Gasteiger partial charge < -0.3 is 20.4 Å². The minimum absolute atomic E-state index is 0.130. The lowest BCUT2D eigenvalue weighted by molar-refractivity contribution is 0.0693. The molecule has 0 atom stereocenters. The molecule has 0 aliphatic heterocycles. The highest BCUT2D eigenvalue weighted by molar-refractivity contribution is 5.97. The fourth-order valence-electron chi connectivity index (χ4n) is 2.39. The van der Waals surface area contributed by atoms with Gasteiger partial charge in [0.15, 0.2) is 0 Å². The Morgan fingerprint density at radius 1 is 1.04 bits per heavy atom. The Hall–Kier alpha value is -2.95. The van der Waals surface area contributed by atoms with Crippen LogP contribution < -0.4 is 0 Å². The molecule has 0 heterocycles. The molecule has 0 saturated heterocycles. The maximum atomic E-state index is 11.5. The van der Waals surface area contributed by atoms with E-state index in [-0.39, 0.29) is 34.1 Å². The summed E-state index contributed by atoms with van der Waals surface area (Å²) in [5.41, 5.74) is 0.904. The maximum Gasteiger partial charge on any atom is 0.340 e. The summed E-state index contributed by atoms with van der Waals surface area (Å²) in [5, 5.41) is 38.9. The van der Waals surface area contributed by atoms with Crippen LogP contribution in [0.25, 0.3) is 12.2 Å². The van der Waals surface area contributed by atoms with E-state index in [2.05, 4.69) is 0 Å². The molecule has 0 fully saturated rings. The fraction of sp³-hybridized carbons (Fsp3) is 0.167. The van der Waals surface area contributed by atoms with Gasteiger partial charge in [-0.25, -0.2) is 4.79 Å². The molecule has 2 aromatic carbocycles. The number of aromatic carboxylic acids is 1. The molecule has 120 valence electrons. The third-order valence-corrected chi connectivity index (χ3v) is 3.49. The highest BCUT2D eigenvalue weighted by Crippen LogP contribution is 2.39. The number of rotatable bonds is 4. The second-order valence-corrected chi connectivity index (χ2v) is 5.51. The van der Waals surface area contributed by atoms with Gasteiger partial charge in [0.25, 0.3) is 0 Å². The zero-order valence-electron chi connectivity index (χ0n) is 12.8. The van der Waals surface area contributed by atoms with Crippen LogP contribution in [0.2, 0.25) is 0 Å². The van der Waals surface area contributed by atoms with E-state index >= 15 is 0 Å². The van der Waals surface area contributed by atoms with E-state index in [0.717, 1.165) is 5.56 Å². The minimum atomic E-state index is -1.27. The lowest BCUT2D eigenvalue weighted by atomic mass is 9.94. The third-order valence-electron chi connectivity index (χ3n) is 3.49. The van der Waals surface area contributed by atoms with Gasteiger partial charge in [-0.1, -0.05) is 38.1 Å². The van der Waals surface area contributed by atoms with Crippen LogP contribution >= 0.6 is 0 Å². The Bertz CT molecular complexity index is 758. The Labute approximate surface area is 133 Å². The number of carboxylic acid groups (broad SMARTS) is 1. The largest absolute Gasteiger partial charge is 0.508 e. The topological polar surface area (TPSA) is 98.0 Å². The van der Waals surface area contributed by atoms with Gasteiger partial charge in [0, 0.05) is 5.56 Å². The lowest BCUT2D eigenvalue weighted by Crippen LogP contribution is -2.04. The summed E-state index contributed by atoms with van der Waals surface area (Å²) in [5.74, 6) is -1.92. The molecular weight excluding hydrogens is 296 g/mol. The first kappa shape index (κ1) is 16.4. The molecule has 5 heteroatoms. The zero-order valence-corrected chi connectivity index (χ0v) is 12.8. The first-order valence-corrected chi connectivity index (χ1v) is 7.10. The molecule has 0 aromatic heterocycles. The van der Waals surface area contributed by atoms with Gasteiger partial charge in [0.05, 0.1) is 0 Å². The molecule has 2 aromatic rings. The first-order chi connectivity index (χ1) is 10.8. The Morgan fingerprint density at radius 3 is 2.17 bits per heavy atom. The van der Waals surface area contributed by atoms with Crippen molar-refractivity contribution in [3.8, 4) is 17.2 Å². The van der Waals surface area contributed by atoms with Gasteiger partial charge >= 0.3 is 5.97 Å². The van der Waals surface area contributed by atoms with Crippen molar-refractivity contribution in [2.45, 2.75) is 19.8 Å². The van der Waals surface area contributed by atoms with Crippen LogP contribution in [0.4, 0.5) is 0 Å². The van der Waals surface area contributed by atoms with Crippen molar-refractivity contribution in [1.82, 2.24) is 0 Å². The maximum absolute atomic E-state index is 11.5. The van der Waals surface area contributed by atoms with Crippen LogP contribution in [0.5, 0.6) is 17.2 Å². The van der Waals surface area contributed by atoms with E-state index in [1.165, 1.54) is 24.3 Å². The van der Waals surface area contributed by atoms with Crippen LogP contribution in [-0.4, -0.2) is 26.4 Å². The summed E-state index contributed by atoms with van der Waals surface area (Å²) in [7, 11) is 0. The molecule has 0 saturated carbocycles. The number of carboxylic acids is 1. The Balaban J connectivity index is 2.53. The normalized spacial score (nSPS) is 11.3. The van der Waals surface area contributed by atoms with Gasteiger partial charge in [-0.2, -0.15) is 0 Å². The molecule has 0 spiro atoms. The standard InChI is InChI=1S/C18H18O5/c1-10(2)15-14(20)9-12(16(17(15)21)18(22)23)6-3-11-4-7-13(19)8-5-11/h3-10,19-21H,1-2H3,(H,22,23)/b6-3+. The Morgan fingerprint density at radius 2 is 1.65 bits per heavy atom. The van der Waals surface area contributed by atoms with Crippen molar-refractivity contribution >= 4 is 18.1 Å². The number of aromatic hydroxyl groups is 3. The van der Waals surface area contributed by atoms with Crippen molar-refractivity contribution in [3.05, 3.63) is 52.6 Å². The molecular formula is C18H18O5. The SMILES string of the molecule is CC(C)c1c(O)cc(/C=C/c2ccc(O)cc2)c(C(=O)O)c1O. The minimum Gasteiger partial charge on any atom is -0.508 e. The summed E-state index contributed by atoms with van der Waals surface area (Å²) in [4.78, 5) is 11.5. The summed E-state index contributed by atoms with van der Waals surface area (Å²) >= 11 is 0. The van der Waals surface area contributed by atoms with Crippen molar-refractivity contribution in [2.75, 3.05) is 0 Å². The third kappa shape index (κ3) is 3.45. The second kappa shape index (κ2) is 6.44. The number of phenolic OH excluding ortho intramolecular Hbond substituents is 2. The van der Waals surface area contributed by atoms with Gasteiger partial charge in [-0.05, 0) is 35.2 Å². The van der Waals surface area contributed by atoms with Crippen LogP contribution in [0, 0.1) is 0 Å². The quantitative estimate of drug-likeness (QED) is 0.644. The van der Waals surface area contributed by atoms with Gasteiger partial charge in [0.2, 0.25) is 0 Å². The monoisotopic (exact) mass is 314 g/mol. The van der Waals surface area contributed by atoms with E-state index in [4.69, 9.17) is 0 Å². The predicted octanol–water partition coefficient (Wildman–Crippen LogP) is 3.80. The number of phenols is 3. The smallest absolute Gasteiger partial charge is 0.340 e. The van der Waals surface area contributed by atoms with Crippen molar-refractivity contribution in [2.24, 2.45) is 0 Å². The predicted molar refractivity (Wildman–Crippen MR) is 87.9 cm³/mol. The van der Waals surface area contributed by atoms with Gasteiger partial charge in [0.1, 0.15) is 22.8 Å². The first-order valence-electron chi connectivity index (χ1n) is 7.10. The lowest BCUT2D eigenvalue weighted by Gasteiger charge is -2.15. The average molecular weight is 314 g/mol. The highest BCUT2D eigenvalue weighted by Gasteiger charge is 2.22. The van der Waals surface area contributed by atoms with E-state index in [1.54, 1.807) is 32.1 Å². The molecule has 23 heavy (non-hydrogen) atoms. The fourth-order valence-corrected chi connectivity index (χ4v) is 2.39. The number of hydrogen-bond donors (Lipinski definition) is 4. The summed E-state index contributed by atoms with van der Waals surface area (Å²) in [6, 6.07) is 7.67. The van der Waals surface area contributed by atoms with Crippen LogP contribution in [0.1, 0.15) is 46.8 Å². The average Bonchev–Trinajstić information content (AvgIpc) is 2.45. The van der Waals surface area contributed by atoms with Crippen LogP contribution in [0.3, 0.4) is 0 Å². The molecule has 0 amide bonds. The molecule has 0 aliphatic carbocycles. The zero-order chi connectivity index (χ0) is 17.1. The van der Waals surface area contributed by atoms with Crippen LogP contribution in [0.15, 0.2) is 30.3 Å². The van der Waals surface area contributed by atoms with Crippen molar-refractivity contribution in [1.29, 1.82) is 0 Å². The Kier molecular flexibility index (Phi) is 4.60. The van der Waals surface area contributed by atoms with E-state index in [9.17, 15) is 25.2 Å². The summed E-state index contributed by atoms with van der Waals surface area (Å²) in [6.07, 6.45) is 3.13. The van der Waals surface area contributed by atoms with E-state index in [1.807, 2.05) is 0 Å². The molecule has 2 rings (SSSR count). The number of carbonyl (C=O) groups is 1. The van der Waals surface area contributed by atoms with Crippen LogP contribution in [-0.2, 0) is 0 Å². The van der Waals surface area contributed by atoms with Crippen molar-refractivity contribution in [3.63, 3.8) is 0 Å². The molecule has 0 bridgehead atoms. The molecule has 5 nitrogen and oxygen atoms in total. The molecule has 0 radical (unpaired) electrons. The van der Waals surface area contributed by atoms with E-state index in [0.29, 0.717) is 0 Å².